The summed E-state index contributed by atoms with van der Waals surface area (Å²) >= 11 is 0. The summed E-state index contributed by atoms with van der Waals surface area (Å²) in [5.74, 6) is 0. The summed E-state index contributed by atoms with van der Waals surface area (Å²) in [6.45, 7) is 5.94. The van der Waals surface area contributed by atoms with Crippen LogP contribution >= 0.6 is 0 Å². The van der Waals surface area contributed by atoms with E-state index in [1.54, 1.807) is 6.33 Å². The monoisotopic (exact) mass is 384 g/mol. The predicted molar refractivity (Wildman–Crippen MR) is 112 cm³/mol. The largest absolute Gasteiger partial charge is 0.348 e. The topological polar surface area (TPSA) is 62.6 Å². The van der Waals surface area contributed by atoms with Gasteiger partial charge in [0.1, 0.15) is 0 Å². The number of pyridine rings is 1. The van der Waals surface area contributed by atoms with Crippen LogP contribution < -0.4 is 0 Å². The van der Waals surface area contributed by atoms with Crippen LogP contribution in [0.3, 0.4) is 0 Å². The quantitative estimate of drug-likeness (QED) is 0.582. The molecule has 1 aliphatic heterocycles. The highest BCUT2D eigenvalue weighted by Crippen LogP contribution is 2.34. The Morgan fingerprint density at radius 2 is 2.07 bits per heavy atom. The van der Waals surface area contributed by atoms with Crippen LogP contribution in [-0.2, 0) is 13.0 Å². The summed E-state index contributed by atoms with van der Waals surface area (Å²) in [6, 6.07) is 15.0. The number of nitrogens with one attached hydrogen (secondary N) is 1. The predicted octanol–water partition coefficient (Wildman–Crippen LogP) is 3.75. The van der Waals surface area contributed by atoms with Gasteiger partial charge >= 0.3 is 0 Å². The fourth-order valence-corrected chi connectivity index (χ4v) is 4.31. The van der Waals surface area contributed by atoms with Crippen LogP contribution in [0.2, 0.25) is 0 Å². The standard InChI is InChI=1S/C23H24N6/c1-16-11-17(2)29(27-16)20-7-3-5-18(12-20)14-28-10-8-21-22(26-15-25-21)23(28)19-6-4-9-24-13-19/h3-7,9,11-13,15,23H,8,10,14H2,1-2H3,(H,25,26)/t23-/m1/s1. The van der Waals surface area contributed by atoms with Gasteiger partial charge in [0.15, 0.2) is 0 Å². The second-order valence-electron chi connectivity index (χ2n) is 7.68. The SMILES string of the molecule is Cc1cc(C)n(-c2cccc(CN3CCc4[nH]cnc4[C@H]3c3cccnc3)c2)n1. The maximum absolute atomic E-state index is 4.65. The number of aromatic amines is 1. The zero-order valence-corrected chi connectivity index (χ0v) is 16.7. The zero-order chi connectivity index (χ0) is 19.8. The molecular weight excluding hydrogens is 360 g/mol. The number of H-pyrrole nitrogens is 1. The lowest BCUT2D eigenvalue weighted by molar-refractivity contribution is 0.200. The lowest BCUT2D eigenvalue weighted by atomic mass is 9.96. The van der Waals surface area contributed by atoms with Crippen LogP contribution in [-0.4, -0.2) is 36.2 Å². The van der Waals surface area contributed by atoms with E-state index in [2.05, 4.69) is 68.3 Å². The Morgan fingerprint density at radius 3 is 2.86 bits per heavy atom. The molecule has 1 aliphatic rings. The van der Waals surface area contributed by atoms with Crippen LogP contribution in [0.25, 0.3) is 5.69 Å². The van der Waals surface area contributed by atoms with Gasteiger partial charge in [-0.05, 0) is 49.2 Å². The molecule has 1 N–H and O–H groups in total. The van der Waals surface area contributed by atoms with Crippen molar-refractivity contribution in [2.45, 2.75) is 32.9 Å². The van der Waals surface area contributed by atoms with Crippen molar-refractivity contribution < 1.29 is 0 Å². The molecule has 1 atom stereocenters. The Labute approximate surface area is 170 Å². The van der Waals surface area contributed by atoms with E-state index in [0.29, 0.717) is 0 Å². The molecule has 0 saturated carbocycles. The number of rotatable bonds is 4. The first-order valence-electron chi connectivity index (χ1n) is 9.98. The molecule has 4 aromatic rings. The molecule has 0 unspecified atom stereocenters. The molecule has 146 valence electrons. The molecule has 4 heterocycles. The Bertz CT molecular complexity index is 1130. The molecular formula is C23H24N6. The molecule has 5 rings (SSSR count). The summed E-state index contributed by atoms with van der Waals surface area (Å²) in [4.78, 5) is 14.8. The average Bonchev–Trinajstić information content (AvgIpc) is 3.34. The second-order valence-corrected chi connectivity index (χ2v) is 7.68. The van der Waals surface area contributed by atoms with E-state index in [-0.39, 0.29) is 6.04 Å². The van der Waals surface area contributed by atoms with Gasteiger partial charge in [-0.1, -0.05) is 18.2 Å². The molecule has 0 radical (unpaired) electrons. The van der Waals surface area contributed by atoms with Gasteiger partial charge in [-0.2, -0.15) is 5.10 Å². The summed E-state index contributed by atoms with van der Waals surface area (Å²) < 4.78 is 2.01. The normalized spacial score (nSPS) is 16.7. The first kappa shape index (κ1) is 17.8. The summed E-state index contributed by atoms with van der Waals surface area (Å²) in [6.07, 6.45) is 6.55. The minimum Gasteiger partial charge on any atom is -0.348 e. The van der Waals surface area contributed by atoms with Gasteiger partial charge in [0, 0.05) is 43.3 Å². The van der Waals surface area contributed by atoms with Crippen LogP contribution in [0.15, 0.2) is 61.2 Å². The zero-order valence-electron chi connectivity index (χ0n) is 16.7. The molecule has 6 heteroatoms. The fraction of sp³-hybridized carbons (Fsp3) is 0.261. The third-order valence-corrected chi connectivity index (χ3v) is 5.58. The van der Waals surface area contributed by atoms with Crippen LogP contribution in [0.1, 0.15) is 39.9 Å². The number of hydrogen-bond donors (Lipinski definition) is 1. The maximum Gasteiger partial charge on any atom is 0.0926 e. The fourth-order valence-electron chi connectivity index (χ4n) is 4.31. The summed E-state index contributed by atoms with van der Waals surface area (Å²) in [5, 5.41) is 4.63. The third kappa shape index (κ3) is 3.36. The average molecular weight is 384 g/mol. The minimum atomic E-state index is 0.107. The van der Waals surface area contributed by atoms with Crippen molar-refractivity contribution in [2.24, 2.45) is 0 Å². The smallest absolute Gasteiger partial charge is 0.0926 e. The van der Waals surface area contributed by atoms with Gasteiger partial charge in [0.05, 0.1) is 29.4 Å². The van der Waals surface area contributed by atoms with Gasteiger partial charge < -0.3 is 4.98 Å². The summed E-state index contributed by atoms with van der Waals surface area (Å²) in [7, 11) is 0. The van der Waals surface area contributed by atoms with Crippen LogP contribution in [0.4, 0.5) is 0 Å². The van der Waals surface area contributed by atoms with Gasteiger partial charge in [0.2, 0.25) is 0 Å². The van der Waals surface area contributed by atoms with Crippen LogP contribution in [0, 0.1) is 13.8 Å². The molecule has 0 bridgehead atoms. The van der Waals surface area contributed by atoms with E-state index in [9.17, 15) is 0 Å². The molecule has 3 aromatic heterocycles. The minimum absolute atomic E-state index is 0.107. The van der Waals surface area contributed by atoms with E-state index in [0.717, 1.165) is 42.3 Å². The maximum atomic E-state index is 4.65. The summed E-state index contributed by atoms with van der Waals surface area (Å²) in [5.41, 5.74) is 8.06. The van der Waals surface area contributed by atoms with Crippen molar-refractivity contribution in [3.8, 4) is 5.69 Å². The van der Waals surface area contributed by atoms with Crippen molar-refractivity contribution >= 4 is 0 Å². The number of aryl methyl sites for hydroxylation is 2. The first-order valence-corrected chi connectivity index (χ1v) is 9.98. The highest BCUT2D eigenvalue weighted by atomic mass is 15.3. The molecule has 6 nitrogen and oxygen atoms in total. The van der Waals surface area contributed by atoms with Crippen molar-refractivity contribution in [2.75, 3.05) is 6.54 Å². The number of nitrogens with zero attached hydrogens (tertiary/aromatic N) is 5. The molecule has 0 aliphatic carbocycles. The second kappa shape index (κ2) is 7.29. The van der Waals surface area contributed by atoms with Crippen molar-refractivity contribution in [3.63, 3.8) is 0 Å². The number of fused-ring (bicyclic) bond motifs is 1. The van der Waals surface area contributed by atoms with Gasteiger partial charge in [-0.15, -0.1) is 0 Å². The van der Waals surface area contributed by atoms with Crippen molar-refractivity contribution in [1.29, 1.82) is 0 Å². The van der Waals surface area contributed by atoms with Gasteiger partial charge in [-0.25, -0.2) is 9.67 Å². The number of hydrogen-bond acceptors (Lipinski definition) is 4. The third-order valence-electron chi connectivity index (χ3n) is 5.58. The Kier molecular flexibility index (Phi) is 4.48. The molecule has 0 saturated heterocycles. The number of imidazole rings is 1. The molecule has 0 amide bonds. The van der Waals surface area contributed by atoms with E-state index < -0.39 is 0 Å². The highest BCUT2D eigenvalue weighted by Gasteiger charge is 2.31. The van der Waals surface area contributed by atoms with Gasteiger partial charge in [0.25, 0.3) is 0 Å². The molecule has 0 spiro atoms. The van der Waals surface area contributed by atoms with E-state index in [1.807, 2.05) is 30.1 Å². The molecule has 1 aromatic carbocycles. The Hall–Kier alpha value is -3.25. The molecule has 0 fully saturated rings. The van der Waals surface area contributed by atoms with E-state index in [1.165, 1.54) is 16.8 Å². The van der Waals surface area contributed by atoms with Gasteiger partial charge in [-0.3, -0.25) is 9.88 Å². The Morgan fingerprint density at radius 1 is 1.14 bits per heavy atom. The van der Waals surface area contributed by atoms with E-state index in [4.69, 9.17) is 0 Å². The first-order chi connectivity index (χ1) is 14.2. The van der Waals surface area contributed by atoms with Crippen LogP contribution in [0.5, 0.6) is 0 Å². The van der Waals surface area contributed by atoms with Crippen molar-refractivity contribution in [1.82, 2.24) is 29.6 Å². The number of aromatic nitrogens is 5. The van der Waals surface area contributed by atoms with E-state index >= 15 is 0 Å². The Balaban J connectivity index is 1.48. The lowest BCUT2D eigenvalue weighted by Crippen LogP contribution is -2.35. The molecule has 29 heavy (non-hydrogen) atoms. The highest BCUT2D eigenvalue weighted by molar-refractivity contribution is 5.38. The number of benzene rings is 1. The van der Waals surface area contributed by atoms with Crippen molar-refractivity contribution in [3.05, 3.63) is 95.1 Å². The lowest BCUT2D eigenvalue weighted by Gasteiger charge is -2.35.